The normalized spacial score (nSPS) is 23.0. The first-order valence-electron chi connectivity index (χ1n) is 12.1. The van der Waals surface area contributed by atoms with Gasteiger partial charge in [0.1, 0.15) is 5.75 Å². The molecular weight excluding hydrogens is 450 g/mol. The van der Waals surface area contributed by atoms with E-state index in [1.165, 1.54) is 0 Å². The van der Waals surface area contributed by atoms with Crippen molar-refractivity contribution in [1.82, 2.24) is 26.4 Å². The molecule has 1 saturated carbocycles. The number of likely N-dealkylation sites (tertiary alicyclic amines) is 1. The zero-order valence-electron chi connectivity index (χ0n) is 19.9. The number of piperidine rings is 1. The Balaban J connectivity index is 1.34. The highest BCUT2D eigenvalue weighted by atomic mass is 19.3. The third kappa shape index (κ3) is 3.92. The van der Waals surface area contributed by atoms with E-state index in [1.54, 1.807) is 7.11 Å². The lowest BCUT2D eigenvalue weighted by atomic mass is 9.59. The van der Waals surface area contributed by atoms with Crippen molar-refractivity contribution >= 4 is 16.7 Å². The number of rotatable bonds is 5. The number of aromatic nitrogens is 1. The van der Waals surface area contributed by atoms with E-state index in [0.29, 0.717) is 12.4 Å². The molecule has 35 heavy (non-hydrogen) atoms. The largest absolute Gasteiger partial charge is 0.496 e. The molecule has 0 radical (unpaired) electrons. The van der Waals surface area contributed by atoms with Gasteiger partial charge in [0.05, 0.1) is 7.11 Å². The van der Waals surface area contributed by atoms with Gasteiger partial charge in [-0.1, -0.05) is 24.3 Å². The number of hydrazine groups is 2. The Morgan fingerprint density at radius 1 is 1.17 bits per heavy atom. The molecule has 0 bridgehead atoms. The van der Waals surface area contributed by atoms with Crippen molar-refractivity contribution in [3.8, 4) is 5.75 Å². The van der Waals surface area contributed by atoms with Gasteiger partial charge in [-0.05, 0) is 55.0 Å². The maximum absolute atomic E-state index is 14.0. The summed E-state index contributed by atoms with van der Waals surface area (Å²) >= 11 is 0. The molecule has 1 aliphatic carbocycles. The molecule has 2 fully saturated rings. The van der Waals surface area contributed by atoms with Crippen LogP contribution in [0.5, 0.6) is 5.75 Å². The van der Waals surface area contributed by atoms with Crippen molar-refractivity contribution < 1.29 is 13.5 Å². The van der Waals surface area contributed by atoms with Gasteiger partial charge in [0.25, 0.3) is 0 Å². The van der Waals surface area contributed by atoms with E-state index in [4.69, 9.17) is 4.74 Å². The number of hydrogen-bond donors (Lipinski definition) is 4. The van der Waals surface area contributed by atoms with E-state index in [1.807, 2.05) is 18.3 Å². The number of alkyl halides is 2. The molecule has 3 heterocycles. The van der Waals surface area contributed by atoms with Gasteiger partial charge < -0.3 is 9.72 Å². The van der Waals surface area contributed by atoms with Crippen LogP contribution >= 0.6 is 0 Å². The lowest BCUT2D eigenvalue weighted by molar-refractivity contribution is -0.186. The highest BCUT2D eigenvalue weighted by molar-refractivity contribution is 5.98. The maximum atomic E-state index is 14.0. The first-order valence-corrected chi connectivity index (χ1v) is 12.1. The van der Waals surface area contributed by atoms with Crippen LogP contribution in [-0.2, 0) is 6.54 Å². The lowest BCUT2D eigenvalue weighted by Gasteiger charge is -2.54. The predicted octanol–water partition coefficient (Wildman–Crippen LogP) is 4.51. The summed E-state index contributed by atoms with van der Waals surface area (Å²) in [5.74, 6) is -0.948. The second kappa shape index (κ2) is 8.20. The third-order valence-corrected chi connectivity index (χ3v) is 7.93. The second-order valence-corrected chi connectivity index (χ2v) is 10.2. The van der Waals surface area contributed by atoms with Crippen LogP contribution in [0.2, 0.25) is 0 Å². The van der Waals surface area contributed by atoms with Crippen LogP contribution in [0, 0.1) is 12.3 Å². The SMILES string of the molecule is COc1cc(C)c2[nH]ccc2c1CN1CCC2(C[C@@H]1c1ccc(C3=NNNN3)cc1)CC(F)(F)C2. The van der Waals surface area contributed by atoms with Gasteiger partial charge in [-0.15, -0.1) is 10.6 Å². The first-order chi connectivity index (χ1) is 16.9. The average Bonchev–Trinajstić information content (AvgIpc) is 3.53. The smallest absolute Gasteiger partial charge is 0.249 e. The monoisotopic (exact) mass is 480 g/mol. The standard InChI is InChI=1S/C26H30F2N6O/c1-16-11-22(35-2)20(19-7-9-29-23(16)19)13-34-10-8-25(14-26(27,28)15-25)12-21(34)17-3-5-18(6-4-17)24-30-32-33-31-24/h3-7,9,11,21,29,32-33H,8,10,12-15H2,1-2H3,(H,30,31)/t21-/m1/s1. The van der Waals surface area contributed by atoms with Gasteiger partial charge in [-0.25, -0.2) is 14.3 Å². The zero-order chi connectivity index (χ0) is 24.2. The van der Waals surface area contributed by atoms with Crippen LogP contribution in [0.1, 0.15) is 54.0 Å². The van der Waals surface area contributed by atoms with Crippen LogP contribution in [0.3, 0.4) is 0 Å². The van der Waals surface area contributed by atoms with Gasteiger partial charge in [-0.3, -0.25) is 10.3 Å². The minimum absolute atomic E-state index is 0.00357. The molecule has 3 aromatic rings. The molecule has 1 spiro atoms. The zero-order valence-corrected chi connectivity index (χ0v) is 19.9. The fourth-order valence-electron chi connectivity index (χ4n) is 6.25. The number of hydrazone groups is 1. The Morgan fingerprint density at radius 3 is 2.66 bits per heavy atom. The molecule has 6 rings (SSSR count). The number of fused-ring (bicyclic) bond motifs is 1. The molecule has 184 valence electrons. The molecule has 2 aliphatic heterocycles. The fourth-order valence-corrected chi connectivity index (χ4v) is 6.25. The van der Waals surface area contributed by atoms with Gasteiger partial charge in [0.15, 0.2) is 5.84 Å². The number of hydrogen-bond acceptors (Lipinski definition) is 6. The van der Waals surface area contributed by atoms with E-state index >= 15 is 0 Å². The molecule has 2 aromatic carbocycles. The summed E-state index contributed by atoms with van der Waals surface area (Å²) in [7, 11) is 1.71. The number of aryl methyl sites for hydroxylation is 1. The molecule has 0 amide bonds. The number of nitrogens with one attached hydrogen (secondary N) is 4. The highest BCUT2D eigenvalue weighted by Crippen LogP contribution is 2.60. The summed E-state index contributed by atoms with van der Waals surface area (Å²) in [6.07, 6.45) is 3.48. The number of ether oxygens (including phenoxy) is 1. The van der Waals surface area contributed by atoms with E-state index in [2.05, 4.69) is 62.7 Å². The van der Waals surface area contributed by atoms with E-state index < -0.39 is 5.92 Å². The topological polar surface area (TPSA) is 76.7 Å². The maximum Gasteiger partial charge on any atom is 0.249 e. The molecule has 4 N–H and O–H groups in total. The van der Waals surface area contributed by atoms with Crippen molar-refractivity contribution in [2.45, 2.75) is 51.1 Å². The fraction of sp³-hybridized carbons (Fsp3) is 0.423. The number of methoxy groups -OCH3 is 1. The number of benzene rings is 2. The van der Waals surface area contributed by atoms with E-state index in [-0.39, 0.29) is 24.3 Å². The molecule has 1 saturated heterocycles. The van der Waals surface area contributed by atoms with Crippen molar-refractivity contribution in [3.05, 3.63) is 64.8 Å². The quantitative estimate of drug-likeness (QED) is 0.432. The lowest BCUT2D eigenvalue weighted by Crippen LogP contribution is -2.53. The summed E-state index contributed by atoms with van der Waals surface area (Å²) < 4.78 is 33.7. The number of nitrogens with zero attached hydrogens (tertiary/aromatic N) is 2. The minimum Gasteiger partial charge on any atom is -0.496 e. The van der Waals surface area contributed by atoms with Gasteiger partial charge in [0.2, 0.25) is 5.92 Å². The van der Waals surface area contributed by atoms with Crippen LogP contribution in [0.4, 0.5) is 8.78 Å². The third-order valence-electron chi connectivity index (χ3n) is 7.93. The number of aromatic amines is 1. The van der Waals surface area contributed by atoms with Gasteiger partial charge >= 0.3 is 0 Å². The molecule has 1 aromatic heterocycles. The van der Waals surface area contributed by atoms with E-state index in [9.17, 15) is 8.78 Å². The molecule has 7 nitrogen and oxygen atoms in total. The number of halogens is 2. The summed E-state index contributed by atoms with van der Waals surface area (Å²) in [5.41, 5.74) is 13.6. The predicted molar refractivity (Wildman–Crippen MR) is 131 cm³/mol. The van der Waals surface area contributed by atoms with Crippen LogP contribution in [0.15, 0.2) is 47.7 Å². The Kier molecular flexibility index (Phi) is 5.23. The van der Waals surface area contributed by atoms with Crippen LogP contribution in [0.25, 0.3) is 10.9 Å². The van der Waals surface area contributed by atoms with Crippen LogP contribution in [-0.4, -0.2) is 35.3 Å². The van der Waals surface area contributed by atoms with E-state index in [0.717, 1.165) is 58.3 Å². The molecular formula is C26H30F2N6O. The Labute approximate surface area is 202 Å². The Bertz CT molecular complexity index is 1280. The number of H-pyrrole nitrogens is 1. The van der Waals surface area contributed by atoms with Crippen molar-refractivity contribution in [2.75, 3.05) is 13.7 Å². The first kappa shape index (κ1) is 22.3. The Morgan fingerprint density at radius 2 is 1.97 bits per heavy atom. The molecule has 0 unspecified atom stereocenters. The summed E-state index contributed by atoms with van der Waals surface area (Å²) in [5, 5.41) is 5.31. The number of amidine groups is 1. The molecule has 9 heteroatoms. The summed E-state index contributed by atoms with van der Waals surface area (Å²) in [4.78, 5) is 5.78. The van der Waals surface area contributed by atoms with Crippen LogP contribution < -0.4 is 21.2 Å². The highest BCUT2D eigenvalue weighted by Gasteiger charge is 2.58. The van der Waals surface area contributed by atoms with Crippen molar-refractivity contribution in [2.24, 2.45) is 10.5 Å². The van der Waals surface area contributed by atoms with Gasteiger partial charge in [0, 0.05) is 53.7 Å². The average molecular weight is 481 g/mol. The molecule has 3 aliphatic rings. The summed E-state index contributed by atoms with van der Waals surface area (Å²) in [6.45, 7) is 3.54. The Hall–Kier alpha value is -3.17. The van der Waals surface area contributed by atoms with Crippen molar-refractivity contribution in [1.29, 1.82) is 0 Å². The van der Waals surface area contributed by atoms with Gasteiger partial charge in [-0.2, -0.15) is 0 Å². The summed E-state index contributed by atoms with van der Waals surface area (Å²) in [6, 6.07) is 12.5. The van der Waals surface area contributed by atoms with Crippen molar-refractivity contribution in [3.63, 3.8) is 0 Å². The molecule has 1 atom stereocenters. The second-order valence-electron chi connectivity index (χ2n) is 10.2. The minimum atomic E-state index is -2.53.